The summed E-state index contributed by atoms with van der Waals surface area (Å²) < 4.78 is 13.2. The molecule has 1 aromatic heterocycles. The normalized spacial score (nSPS) is 13.7. The Hall–Kier alpha value is -4.67. The molecule has 1 aliphatic heterocycles. The van der Waals surface area contributed by atoms with Crippen LogP contribution in [0.25, 0.3) is 23.0 Å². The minimum Gasteiger partial charge on any atom is -0.489 e. The Balaban J connectivity index is 1.49. The smallest absolute Gasteiger partial charge is 0.264 e. The van der Waals surface area contributed by atoms with Gasteiger partial charge in [-0.2, -0.15) is 10.4 Å². The van der Waals surface area contributed by atoms with Crippen molar-refractivity contribution in [2.75, 3.05) is 26.3 Å². The molecule has 7 nitrogen and oxygen atoms in total. The molecule has 5 rings (SSSR count). The van der Waals surface area contributed by atoms with Gasteiger partial charge < -0.3 is 14.4 Å². The third-order valence-corrected chi connectivity index (χ3v) is 6.35. The standard InChI is InChI=1S/C31H28N4O3/c1-23-10-12-24(13-11-23)22-38-29-9-5-6-25(19-29)30-27(21-35(33-30)28-7-3-2-4-8-28)18-26(20-32)31(36)34-14-16-37-17-15-34/h2-13,18-19,21H,14-17,22H2,1H3/b26-18-. The van der Waals surface area contributed by atoms with E-state index in [2.05, 4.69) is 37.3 Å². The van der Waals surface area contributed by atoms with Crippen molar-refractivity contribution in [2.24, 2.45) is 0 Å². The summed E-state index contributed by atoms with van der Waals surface area (Å²) >= 11 is 0. The summed E-state index contributed by atoms with van der Waals surface area (Å²) in [6.45, 7) is 4.37. The van der Waals surface area contributed by atoms with E-state index in [4.69, 9.17) is 14.6 Å². The highest BCUT2D eigenvalue weighted by Crippen LogP contribution is 2.29. The number of hydrogen-bond acceptors (Lipinski definition) is 5. The van der Waals surface area contributed by atoms with Crippen molar-refractivity contribution in [1.29, 1.82) is 5.26 Å². The Labute approximate surface area is 222 Å². The van der Waals surface area contributed by atoms with E-state index in [1.54, 1.807) is 15.7 Å². The van der Waals surface area contributed by atoms with E-state index in [1.165, 1.54) is 5.56 Å². The lowest BCUT2D eigenvalue weighted by molar-refractivity contribution is -0.130. The number of carbonyl (C=O) groups is 1. The summed E-state index contributed by atoms with van der Waals surface area (Å²) in [7, 11) is 0. The van der Waals surface area contributed by atoms with Crippen LogP contribution in [0.1, 0.15) is 16.7 Å². The number of nitriles is 1. The molecule has 0 atom stereocenters. The van der Waals surface area contributed by atoms with Crippen molar-refractivity contribution >= 4 is 12.0 Å². The van der Waals surface area contributed by atoms with Crippen molar-refractivity contribution < 1.29 is 14.3 Å². The minimum atomic E-state index is -0.301. The number of para-hydroxylation sites is 1. The summed E-state index contributed by atoms with van der Waals surface area (Å²) in [5.41, 5.74) is 5.36. The first-order chi connectivity index (χ1) is 18.6. The second kappa shape index (κ2) is 11.6. The van der Waals surface area contributed by atoms with Gasteiger partial charge in [0.2, 0.25) is 0 Å². The van der Waals surface area contributed by atoms with Gasteiger partial charge in [0, 0.05) is 30.4 Å². The zero-order valence-corrected chi connectivity index (χ0v) is 21.2. The van der Waals surface area contributed by atoms with Crippen LogP contribution in [0.4, 0.5) is 0 Å². The molecule has 0 N–H and O–H groups in total. The van der Waals surface area contributed by atoms with Crippen LogP contribution in [0.15, 0.2) is 90.6 Å². The fourth-order valence-electron chi connectivity index (χ4n) is 4.25. The second-order valence-corrected chi connectivity index (χ2v) is 9.09. The Bertz CT molecular complexity index is 1480. The van der Waals surface area contributed by atoms with Crippen LogP contribution in [-0.2, 0) is 16.1 Å². The van der Waals surface area contributed by atoms with Crippen molar-refractivity contribution in [3.8, 4) is 28.8 Å². The van der Waals surface area contributed by atoms with Gasteiger partial charge >= 0.3 is 0 Å². The maximum absolute atomic E-state index is 13.1. The summed E-state index contributed by atoms with van der Waals surface area (Å²) in [6.07, 6.45) is 3.47. The molecule has 0 radical (unpaired) electrons. The van der Waals surface area contributed by atoms with Gasteiger partial charge in [0.05, 0.1) is 18.9 Å². The average molecular weight is 505 g/mol. The average Bonchev–Trinajstić information content (AvgIpc) is 3.40. The number of rotatable bonds is 7. The van der Waals surface area contributed by atoms with Crippen LogP contribution in [0, 0.1) is 18.3 Å². The lowest BCUT2D eigenvalue weighted by Crippen LogP contribution is -2.41. The van der Waals surface area contributed by atoms with Crippen molar-refractivity contribution in [3.05, 3.63) is 107 Å². The van der Waals surface area contributed by atoms with Gasteiger partial charge in [-0.15, -0.1) is 0 Å². The first-order valence-electron chi connectivity index (χ1n) is 12.5. The first kappa shape index (κ1) is 25.0. The van der Waals surface area contributed by atoms with Gasteiger partial charge in [-0.25, -0.2) is 4.68 Å². The number of morpholine rings is 1. The van der Waals surface area contributed by atoms with Crippen molar-refractivity contribution in [2.45, 2.75) is 13.5 Å². The second-order valence-electron chi connectivity index (χ2n) is 9.09. The monoisotopic (exact) mass is 504 g/mol. The SMILES string of the molecule is Cc1ccc(COc2cccc(-c3nn(-c4ccccc4)cc3/C=C(/C#N)C(=O)N3CCOCC3)c2)cc1. The molecular formula is C31H28N4O3. The summed E-state index contributed by atoms with van der Waals surface area (Å²) in [5.74, 6) is 0.404. The van der Waals surface area contributed by atoms with Crippen molar-refractivity contribution in [3.63, 3.8) is 0 Å². The van der Waals surface area contributed by atoms with Crippen LogP contribution in [0.5, 0.6) is 5.75 Å². The Morgan fingerprint density at radius 3 is 2.55 bits per heavy atom. The lowest BCUT2D eigenvalue weighted by Gasteiger charge is -2.26. The topological polar surface area (TPSA) is 80.4 Å². The highest BCUT2D eigenvalue weighted by atomic mass is 16.5. The quantitative estimate of drug-likeness (QED) is 0.256. The molecule has 2 heterocycles. The van der Waals surface area contributed by atoms with Gasteiger partial charge in [-0.3, -0.25) is 4.79 Å². The number of amides is 1. The lowest BCUT2D eigenvalue weighted by atomic mass is 10.1. The fraction of sp³-hybridized carbons (Fsp3) is 0.194. The molecule has 4 aromatic rings. The Morgan fingerprint density at radius 1 is 1.05 bits per heavy atom. The number of carbonyl (C=O) groups excluding carboxylic acids is 1. The van der Waals surface area contributed by atoms with Crippen LogP contribution in [-0.4, -0.2) is 46.9 Å². The van der Waals surface area contributed by atoms with E-state index in [0.717, 1.165) is 16.8 Å². The molecule has 190 valence electrons. The van der Waals surface area contributed by atoms with Gasteiger partial charge in [0.15, 0.2) is 0 Å². The van der Waals surface area contributed by atoms with Crippen molar-refractivity contribution in [1.82, 2.24) is 14.7 Å². The summed E-state index contributed by atoms with van der Waals surface area (Å²) in [4.78, 5) is 14.7. The number of hydrogen-bond donors (Lipinski definition) is 0. The van der Waals surface area contributed by atoms with Gasteiger partial charge in [-0.05, 0) is 42.8 Å². The molecule has 0 unspecified atom stereocenters. The molecule has 7 heteroatoms. The Morgan fingerprint density at radius 2 is 1.82 bits per heavy atom. The summed E-state index contributed by atoms with van der Waals surface area (Å²) in [5, 5.41) is 14.7. The largest absolute Gasteiger partial charge is 0.489 e. The van der Waals surface area contributed by atoms with E-state index >= 15 is 0 Å². The number of aromatic nitrogens is 2. The number of nitrogens with zero attached hydrogens (tertiary/aromatic N) is 4. The predicted octanol–water partition coefficient (Wildman–Crippen LogP) is 5.19. The fourth-order valence-corrected chi connectivity index (χ4v) is 4.25. The molecule has 1 saturated heterocycles. The van der Waals surface area contributed by atoms with Crippen LogP contribution in [0.3, 0.4) is 0 Å². The molecule has 1 amide bonds. The third-order valence-electron chi connectivity index (χ3n) is 6.35. The number of aryl methyl sites for hydroxylation is 1. The van der Waals surface area contributed by atoms with E-state index in [1.807, 2.05) is 60.8 Å². The number of benzene rings is 3. The number of ether oxygens (including phenoxy) is 2. The maximum Gasteiger partial charge on any atom is 0.264 e. The predicted molar refractivity (Wildman–Crippen MR) is 145 cm³/mol. The summed E-state index contributed by atoms with van der Waals surface area (Å²) in [6, 6.07) is 27.8. The molecule has 0 saturated carbocycles. The van der Waals surface area contributed by atoms with Gasteiger partial charge in [0.1, 0.15) is 29.7 Å². The van der Waals surface area contributed by atoms with E-state index in [0.29, 0.717) is 49.9 Å². The zero-order chi connectivity index (χ0) is 26.3. The van der Waals surface area contributed by atoms with Crippen LogP contribution < -0.4 is 4.74 Å². The molecule has 0 aliphatic carbocycles. The molecule has 1 fully saturated rings. The highest BCUT2D eigenvalue weighted by molar-refractivity contribution is 6.02. The molecule has 1 aliphatic rings. The van der Waals surface area contributed by atoms with Crippen LogP contribution in [0.2, 0.25) is 0 Å². The zero-order valence-electron chi connectivity index (χ0n) is 21.2. The molecule has 0 spiro atoms. The molecule has 3 aromatic carbocycles. The maximum atomic E-state index is 13.1. The molecule has 38 heavy (non-hydrogen) atoms. The minimum absolute atomic E-state index is 0.0625. The van der Waals surface area contributed by atoms with E-state index in [-0.39, 0.29) is 11.5 Å². The van der Waals surface area contributed by atoms with E-state index < -0.39 is 0 Å². The van der Waals surface area contributed by atoms with Gasteiger partial charge in [-0.1, -0.05) is 60.2 Å². The Kier molecular flexibility index (Phi) is 7.62. The molecular weight excluding hydrogens is 476 g/mol. The van der Waals surface area contributed by atoms with Gasteiger partial charge in [0.25, 0.3) is 5.91 Å². The highest BCUT2D eigenvalue weighted by Gasteiger charge is 2.22. The third kappa shape index (κ3) is 5.83. The first-order valence-corrected chi connectivity index (χ1v) is 12.5. The van der Waals surface area contributed by atoms with E-state index in [9.17, 15) is 10.1 Å². The molecule has 0 bridgehead atoms. The van der Waals surface area contributed by atoms with Crippen LogP contribution >= 0.6 is 0 Å².